The molecule has 9 nitrogen and oxygen atoms in total. The highest BCUT2D eigenvalue weighted by Crippen LogP contribution is 2.37. The summed E-state index contributed by atoms with van der Waals surface area (Å²) < 4.78 is 43.2. The van der Waals surface area contributed by atoms with E-state index in [1.807, 2.05) is 30.3 Å². The highest BCUT2D eigenvalue weighted by molar-refractivity contribution is 6.06. The van der Waals surface area contributed by atoms with Crippen LogP contribution in [0.1, 0.15) is 45.9 Å². The molecule has 1 aliphatic carbocycles. The first-order chi connectivity index (χ1) is 20.0. The van der Waals surface area contributed by atoms with Crippen LogP contribution in [-0.2, 0) is 17.5 Å². The third-order valence-corrected chi connectivity index (χ3v) is 7.37. The van der Waals surface area contributed by atoms with Crippen LogP contribution in [0, 0.1) is 0 Å². The Labute approximate surface area is 238 Å². The van der Waals surface area contributed by atoms with Gasteiger partial charge in [0.15, 0.2) is 0 Å². The van der Waals surface area contributed by atoms with E-state index >= 15 is 0 Å². The van der Waals surface area contributed by atoms with Gasteiger partial charge in [-0.25, -0.2) is 10.4 Å². The molecular weight excluding hydrogens is 549 g/mol. The molecule has 1 saturated carbocycles. The zero-order chi connectivity index (χ0) is 29.6. The average molecular weight is 577 g/mol. The molecule has 0 radical (unpaired) electrons. The predicted octanol–water partition coefficient (Wildman–Crippen LogP) is 4.42. The molecule has 0 saturated heterocycles. The molecule has 1 aliphatic heterocycles. The molecule has 6 rings (SSSR count). The van der Waals surface area contributed by atoms with Gasteiger partial charge in [-0.1, -0.05) is 30.3 Å². The Bertz CT molecular complexity index is 1710. The zero-order valence-corrected chi connectivity index (χ0v) is 22.4. The number of hydrogen-bond acceptors (Lipinski definition) is 6. The van der Waals surface area contributed by atoms with Crippen LogP contribution in [0.2, 0.25) is 0 Å². The monoisotopic (exact) mass is 576 g/mol. The number of pyridine rings is 1. The van der Waals surface area contributed by atoms with Crippen molar-refractivity contribution in [1.82, 2.24) is 25.1 Å². The molecule has 1 atom stereocenters. The maximum atomic E-state index is 13.8. The van der Waals surface area contributed by atoms with Crippen molar-refractivity contribution in [3.63, 3.8) is 0 Å². The number of fused-ring (bicyclic) bond motifs is 1. The highest BCUT2D eigenvalue weighted by atomic mass is 19.4. The molecule has 12 heteroatoms. The van der Waals surface area contributed by atoms with Crippen LogP contribution in [0.3, 0.4) is 0 Å². The average Bonchev–Trinajstić information content (AvgIpc) is 3.42. The van der Waals surface area contributed by atoms with Gasteiger partial charge in [-0.2, -0.15) is 13.2 Å². The third kappa shape index (κ3) is 5.33. The van der Waals surface area contributed by atoms with E-state index < -0.39 is 35.2 Å². The molecule has 1 fully saturated rings. The minimum atomic E-state index is -4.60. The summed E-state index contributed by atoms with van der Waals surface area (Å²) in [5.41, 5.74) is 3.19. The SMILES string of the molecule is CN1C=CC(c2cc(C(=O)Nc3c(-c4ccccc4)nc4cc(CNC(=O)C5(O)CC5)ccn34)ccc2C(F)(F)F)N1. The van der Waals surface area contributed by atoms with E-state index in [1.54, 1.807) is 47.1 Å². The number of aliphatic hydroxyl groups is 1. The Morgan fingerprint density at radius 2 is 1.88 bits per heavy atom. The fraction of sp³-hybridized carbons (Fsp3) is 0.233. The molecule has 4 aromatic rings. The number of hydrazine groups is 1. The lowest BCUT2D eigenvalue weighted by molar-refractivity contribution is -0.138. The number of anilines is 1. The molecular formula is C30H27F3N6O3. The Balaban J connectivity index is 1.34. The van der Waals surface area contributed by atoms with Gasteiger partial charge in [-0.15, -0.1) is 0 Å². The smallest absolute Gasteiger partial charge is 0.380 e. The second-order valence-electron chi connectivity index (χ2n) is 10.5. The Kier molecular flexibility index (Phi) is 6.74. The van der Waals surface area contributed by atoms with Gasteiger partial charge < -0.3 is 20.7 Å². The number of benzene rings is 2. The molecule has 1 unspecified atom stereocenters. The lowest BCUT2D eigenvalue weighted by Gasteiger charge is -2.20. The lowest BCUT2D eigenvalue weighted by atomic mass is 9.97. The number of halogens is 3. The number of nitrogens with zero attached hydrogens (tertiary/aromatic N) is 3. The van der Waals surface area contributed by atoms with Crippen molar-refractivity contribution < 1.29 is 27.9 Å². The van der Waals surface area contributed by atoms with Gasteiger partial charge in [0.1, 0.15) is 22.8 Å². The number of carbonyl (C=O) groups is 2. The third-order valence-electron chi connectivity index (χ3n) is 7.37. The van der Waals surface area contributed by atoms with Gasteiger partial charge in [-0.3, -0.25) is 14.0 Å². The zero-order valence-electron chi connectivity index (χ0n) is 22.4. The minimum Gasteiger partial charge on any atom is -0.380 e. The van der Waals surface area contributed by atoms with Crippen LogP contribution in [0.4, 0.5) is 19.0 Å². The summed E-state index contributed by atoms with van der Waals surface area (Å²) in [6.45, 7) is 0.181. The Morgan fingerprint density at radius 1 is 1.12 bits per heavy atom. The lowest BCUT2D eigenvalue weighted by Crippen LogP contribution is -2.35. The van der Waals surface area contributed by atoms with Crippen LogP contribution in [-0.4, -0.2) is 44.0 Å². The van der Waals surface area contributed by atoms with Crippen molar-refractivity contribution in [2.24, 2.45) is 0 Å². The maximum Gasteiger partial charge on any atom is 0.416 e. The molecule has 2 aromatic heterocycles. The van der Waals surface area contributed by atoms with E-state index in [1.165, 1.54) is 6.07 Å². The fourth-order valence-corrected chi connectivity index (χ4v) is 4.90. The molecule has 216 valence electrons. The summed E-state index contributed by atoms with van der Waals surface area (Å²) in [5, 5.41) is 17.1. The summed E-state index contributed by atoms with van der Waals surface area (Å²) >= 11 is 0. The molecule has 0 spiro atoms. The van der Waals surface area contributed by atoms with Crippen molar-refractivity contribution in [3.8, 4) is 11.3 Å². The van der Waals surface area contributed by atoms with Crippen molar-refractivity contribution in [1.29, 1.82) is 0 Å². The molecule has 2 amide bonds. The van der Waals surface area contributed by atoms with E-state index in [0.717, 1.165) is 23.3 Å². The number of amides is 2. The molecule has 2 aromatic carbocycles. The van der Waals surface area contributed by atoms with Gasteiger partial charge in [-0.05, 0) is 60.4 Å². The Morgan fingerprint density at radius 3 is 2.55 bits per heavy atom. The van der Waals surface area contributed by atoms with Crippen LogP contribution >= 0.6 is 0 Å². The van der Waals surface area contributed by atoms with Crippen molar-refractivity contribution in [2.45, 2.75) is 37.2 Å². The number of rotatable bonds is 7. The minimum absolute atomic E-state index is 0.0501. The second-order valence-corrected chi connectivity index (χ2v) is 10.5. The number of alkyl halides is 3. The van der Waals surface area contributed by atoms with Crippen LogP contribution in [0.25, 0.3) is 16.9 Å². The van der Waals surface area contributed by atoms with Crippen LogP contribution < -0.4 is 16.1 Å². The molecule has 0 bridgehead atoms. The molecule has 3 heterocycles. The number of imidazole rings is 1. The summed E-state index contributed by atoms with van der Waals surface area (Å²) in [7, 11) is 1.67. The summed E-state index contributed by atoms with van der Waals surface area (Å²) in [5.74, 6) is -0.688. The van der Waals surface area contributed by atoms with E-state index in [4.69, 9.17) is 4.98 Å². The van der Waals surface area contributed by atoms with Crippen LogP contribution in [0.5, 0.6) is 0 Å². The summed E-state index contributed by atoms with van der Waals surface area (Å²) in [6.07, 6.45) is 1.18. The number of aromatic nitrogens is 2. The van der Waals surface area contributed by atoms with Crippen molar-refractivity contribution in [3.05, 3.63) is 101 Å². The van der Waals surface area contributed by atoms with Crippen LogP contribution in [0.15, 0.2) is 79.1 Å². The van der Waals surface area contributed by atoms with Crippen molar-refractivity contribution in [2.75, 3.05) is 12.4 Å². The molecule has 42 heavy (non-hydrogen) atoms. The van der Waals surface area contributed by atoms with E-state index in [9.17, 15) is 27.9 Å². The normalized spacial score (nSPS) is 17.5. The topological polar surface area (TPSA) is 111 Å². The van der Waals surface area contributed by atoms with Gasteiger partial charge in [0, 0.05) is 37.1 Å². The summed E-state index contributed by atoms with van der Waals surface area (Å²) in [4.78, 5) is 30.4. The van der Waals surface area contributed by atoms with Gasteiger partial charge in [0.2, 0.25) is 0 Å². The molecule has 2 aliphatic rings. The first-order valence-electron chi connectivity index (χ1n) is 13.3. The Hall–Kier alpha value is -4.68. The standard InChI is InChI=1S/C30H27F3N6O3/c1-38-13-10-23(37-38)21-16-20(7-8-22(21)30(31,32)33)27(40)36-26-25(19-5-3-2-4-6-19)35-24-15-18(9-14-39(24)26)17-34-28(41)29(42)11-12-29/h2-10,13-16,23,37,42H,11-12,17H2,1H3,(H,34,41)(H,36,40). The van der Waals surface area contributed by atoms with E-state index in [0.29, 0.717) is 30.0 Å². The number of carbonyl (C=O) groups excluding carboxylic acids is 2. The molecule has 4 N–H and O–H groups in total. The first kappa shape index (κ1) is 27.5. The van der Waals surface area contributed by atoms with Crippen molar-refractivity contribution >= 4 is 23.3 Å². The fourth-order valence-electron chi connectivity index (χ4n) is 4.90. The number of hydrogen-bond donors (Lipinski definition) is 4. The predicted molar refractivity (Wildman–Crippen MR) is 149 cm³/mol. The van der Waals surface area contributed by atoms with Gasteiger partial charge >= 0.3 is 6.18 Å². The largest absolute Gasteiger partial charge is 0.416 e. The number of nitrogens with one attached hydrogen (secondary N) is 3. The van der Waals surface area contributed by atoms with Gasteiger partial charge in [0.05, 0.1) is 11.6 Å². The maximum absolute atomic E-state index is 13.8. The van der Waals surface area contributed by atoms with E-state index in [2.05, 4.69) is 16.1 Å². The van der Waals surface area contributed by atoms with E-state index in [-0.39, 0.29) is 17.7 Å². The first-order valence-corrected chi connectivity index (χ1v) is 13.3. The quantitative estimate of drug-likeness (QED) is 0.259. The second kappa shape index (κ2) is 10.3. The highest BCUT2D eigenvalue weighted by Gasteiger charge is 2.47. The summed E-state index contributed by atoms with van der Waals surface area (Å²) in [6, 6.07) is 15.2. The van der Waals surface area contributed by atoms with Gasteiger partial charge in [0.25, 0.3) is 11.8 Å².